The van der Waals surface area contributed by atoms with Gasteiger partial charge in [0.15, 0.2) is 5.76 Å². The Morgan fingerprint density at radius 1 is 1.42 bits per heavy atom. The zero-order valence-corrected chi connectivity index (χ0v) is 11.5. The van der Waals surface area contributed by atoms with Crippen molar-refractivity contribution in [1.29, 1.82) is 0 Å². The standard InChI is InChI=1S/C15H19NO3/c1-9-5-4-6-12-11(3)14(19-13(9)12)15(18)16-10(2)7-8-17/h4-6,10,17H,7-8H2,1-3H3,(H,16,18). The zero-order chi connectivity index (χ0) is 14.0. The van der Waals surface area contributed by atoms with Gasteiger partial charge >= 0.3 is 0 Å². The number of furan rings is 1. The van der Waals surface area contributed by atoms with Crippen molar-refractivity contribution in [3.8, 4) is 0 Å². The van der Waals surface area contributed by atoms with Gasteiger partial charge in [-0.25, -0.2) is 0 Å². The summed E-state index contributed by atoms with van der Waals surface area (Å²) in [4.78, 5) is 12.1. The highest BCUT2D eigenvalue weighted by molar-refractivity contribution is 5.99. The number of amides is 1. The van der Waals surface area contributed by atoms with Crippen LogP contribution in [0.25, 0.3) is 11.0 Å². The van der Waals surface area contributed by atoms with Crippen molar-refractivity contribution in [1.82, 2.24) is 5.32 Å². The molecule has 1 aromatic heterocycles. The lowest BCUT2D eigenvalue weighted by Gasteiger charge is -2.11. The average molecular weight is 261 g/mol. The first-order valence-electron chi connectivity index (χ1n) is 6.45. The molecule has 2 N–H and O–H groups in total. The predicted molar refractivity (Wildman–Crippen MR) is 74.3 cm³/mol. The predicted octanol–water partition coefficient (Wildman–Crippen LogP) is 2.55. The first kappa shape index (κ1) is 13.6. The molecule has 102 valence electrons. The van der Waals surface area contributed by atoms with E-state index in [-0.39, 0.29) is 18.6 Å². The van der Waals surface area contributed by atoms with Crippen LogP contribution in [0.3, 0.4) is 0 Å². The summed E-state index contributed by atoms with van der Waals surface area (Å²) in [6.45, 7) is 5.76. The van der Waals surface area contributed by atoms with Crippen molar-refractivity contribution < 1.29 is 14.3 Å². The van der Waals surface area contributed by atoms with Gasteiger partial charge in [0, 0.05) is 23.6 Å². The lowest BCUT2D eigenvalue weighted by atomic mass is 10.1. The van der Waals surface area contributed by atoms with Gasteiger partial charge in [-0.05, 0) is 32.8 Å². The van der Waals surface area contributed by atoms with E-state index in [0.717, 1.165) is 22.1 Å². The van der Waals surface area contributed by atoms with Crippen molar-refractivity contribution in [2.45, 2.75) is 33.2 Å². The molecule has 2 rings (SSSR count). The lowest BCUT2D eigenvalue weighted by molar-refractivity contribution is 0.0907. The normalized spacial score (nSPS) is 12.6. The summed E-state index contributed by atoms with van der Waals surface area (Å²) in [5, 5.41) is 12.6. The third-order valence-electron chi connectivity index (χ3n) is 3.31. The van der Waals surface area contributed by atoms with E-state index in [2.05, 4.69) is 5.32 Å². The molecule has 4 heteroatoms. The van der Waals surface area contributed by atoms with Crippen LogP contribution in [0.1, 0.15) is 35.0 Å². The van der Waals surface area contributed by atoms with Crippen LogP contribution >= 0.6 is 0 Å². The van der Waals surface area contributed by atoms with Crippen LogP contribution in [0.5, 0.6) is 0 Å². The third kappa shape index (κ3) is 2.63. The maximum absolute atomic E-state index is 12.1. The molecule has 0 bridgehead atoms. The summed E-state index contributed by atoms with van der Waals surface area (Å²) >= 11 is 0. The highest BCUT2D eigenvalue weighted by atomic mass is 16.3. The van der Waals surface area contributed by atoms with Crippen LogP contribution in [0, 0.1) is 13.8 Å². The highest BCUT2D eigenvalue weighted by Gasteiger charge is 2.19. The van der Waals surface area contributed by atoms with Crippen molar-refractivity contribution >= 4 is 16.9 Å². The average Bonchev–Trinajstić information content (AvgIpc) is 2.69. The van der Waals surface area contributed by atoms with Crippen LogP contribution in [0.15, 0.2) is 22.6 Å². The van der Waals surface area contributed by atoms with Crippen LogP contribution in [0.2, 0.25) is 0 Å². The number of benzene rings is 1. The van der Waals surface area contributed by atoms with E-state index < -0.39 is 0 Å². The summed E-state index contributed by atoms with van der Waals surface area (Å²) in [6, 6.07) is 5.79. The van der Waals surface area contributed by atoms with Crippen molar-refractivity contribution in [3.05, 3.63) is 35.1 Å². The number of aryl methyl sites for hydroxylation is 2. The van der Waals surface area contributed by atoms with Gasteiger partial charge in [-0.1, -0.05) is 18.2 Å². The van der Waals surface area contributed by atoms with Gasteiger partial charge in [-0.3, -0.25) is 4.79 Å². The van der Waals surface area contributed by atoms with E-state index in [1.54, 1.807) is 0 Å². The van der Waals surface area contributed by atoms with Gasteiger partial charge in [-0.15, -0.1) is 0 Å². The second kappa shape index (κ2) is 5.45. The first-order chi connectivity index (χ1) is 9.04. The number of para-hydroxylation sites is 1. The molecule has 0 aliphatic rings. The largest absolute Gasteiger partial charge is 0.450 e. The molecule has 1 aromatic carbocycles. The van der Waals surface area contributed by atoms with E-state index in [9.17, 15) is 4.79 Å². The fourth-order valence-electron chi connectivity index (χ4n) is 2.16. The number of aliphatic hydroxyl groups is 1. The number of carbonyl (C=O) groups is 1. The second-order valence-electron chi connectivity index (χ2n) is 4.89. The van der Waals surface area contributed by atoms with Gasteiger partial charge in [-0.2, -0.15) is 0 Å². The van der Waals surface area contributed by atoms with Gasteiger partial charge in [0.05, 0.1) is 0 Å². The Hall–Kier alpha value is -1.81. The monoisotopic (exact) mass is 261 g/mol. The molecule has 4 nitrogen and oxygen atoms in total. The molecule has 1 amide bonds. The Morgan fingerprint density at radius 2 is 2.16 bits per heavy atom. The van der Waals surface area contributed by atoms with E-state index in [0.29, 0.717) is 12.2 Å². The topological polar surface area (TPSA) is 62.5 Å². The summed E-state index contributed by atoms with van der Waals surface area (Å²) in [6.07, 6.45) is 0.532. The van der Waals surface area contributed by atoms with E-state index in [4.69, 9.17) is 9.52 Å². The Morgan fingerprint density at radius 3 is 2.79 bits per heavy atom. The van der Waals surface area contributed by atoms with Crippen LogP contribution in [0.4, 0.5) is 0 Å². The van der Waals surface area contributed by atoms with Gasteiger partial charge in [0.25, 0.3) is 5.91 Å². The Kier molecular flexibility index (Phi) is 3.90. The second-order valence-corrected chi connectivity index (χ2v) is 4.89. The number of nitrogens with one attached hydrogen (secondary N) is 1. The molecule has 0 fully saturated rings. The number of hydrogen-bond acceptors (Lipinski definition) is 3. The van der Waals surface area contributed by atoms with E-state index in [1.807, 2.05) is 39.0 Å². The van der Waals surface area contributed by atoms with Crippen LogP contribution < -0.4 is 5.32 Å². The molecular formula is C15H19NO3. The van der Waals surface area contributed by atoms with Crippen LogP contribution in [-0.4, -0.2) is 23.7 Å². The lowest BCUT2D eigenvalue weighted by Crippen LogP contribution is -2.33. The molecular weight excluding hydrogens is 242 g/mol. The molecule has 1 unspecified atom stereocenters. The summed E-state index contributed by atoms with van der Waals surface area (Å²) in [5.41, 5.74) is 2.63. The molecule has 0 aliphatic heterocycles. The molecule has 0 spiro atoms. The maximum Gasteiger partial charge on any atom is 0.287 e. The molecule has 1 atom stereocenters. The molecule has 2 aromatic rings. The van der Waals surface area contributed by atoms with Crippen molar-refractivity contribution in [2.24, 2.45) is 0 Å². The SMILES string of the molecule is Cc1c(C(=O)NC(C)CCO)oc2c(C)cccc12. The fourth-order valence-corrected chi connectivity index (χ4v) is 2.16. The number of hydrogen-bond donors (Lipinski definition) is 2. The van der Waals surface area contributed by atoms with Crippen molar-refractivity contribution in [2.75, 3.05) is 6.61 Å². The zero-order valence-electron chi connectivity index (χ0n) is 11.5. The minimum absolute atomic E-state index is 0.0552. The van der Waals surface area contributed by atoms with E-state index >= 15 is 0 Å². The molecule has 1 heterocycles. The molecule has 0 aliphatic carbocycles. The number of aliphatic hydroxyl groups excluding tert-OH is 1. The quantitative estimate of drug-likeness (QED) is 0.889. The van der Waals surface area contributed by atoms with Crippen molar-refractivity contribution in [3.63, 3.8) is 0 Å². The van der Waals surface area contributed by atoms with E-state index in [1.165, 1.54) is 0 Å². The van der Waals surface area contributed by atoms with Gasteiger partial charge < -0.3 is 14.8 Å². The third-order valence-corrected chi connectivity index (χ3v) is 3.31. The molecule has 0 radical (unpaired) electrons. The molecule has 19 heavy (non-hydrogen) atoms. The van der Waals surface area contributed by atoms with Gasteiger partial charge in [0.1, 0.15) is 5.58 Å². The molecule has 0 saturated carbocycles. The molecule has 0 saturated heterocycles. The Bertz CT molecular complexity index is 601. The Balaban J connectivity index is 2.32. The highest BCUT2D eigenvalue weighted by Crippen LogP contribution is 2.27. The number of carbonyl (C=O) groups excluding carboxylic acids is 1. The Labute approximate surface area is 112 Å². The maximum atomic E-state index is 12.1. The minimum atomic E-state index is -0.228. The minimum Gasteiger partial charge on any atom is -0.450 e. The van der Waals surface area contributed by atoms with Gasteiger partial charge in [0.2, 0.25) is 0 Å². The first-order valence-corrected chi connectivity index (χ1v) is 6.45. The summed E-state index contributed by atoms with van der Waals surface area (Å²) in [5.74, 6) is 0.128. The summed E-state index contributed by atoms with van der Waals surface area (Å²) < 4.78 is 5.70. The van der Waals surface area contributed by atoms with Crippen LogP contribution in [-0.2, 0) is 0 Å². The number of rotatable bonds is 4. The fraction of sp³-hybridized carbons (Fsp3) is 0.400. The summed E-state index contributed by atoms with van der Waals surface area (Å²) in [7, 11) is 0. The number of fused-ring (bicyclic) bond motifs is 1. The smallest absolute Gasteiger partial charge is 0.287 e.